The van der Waals surface area contributed by atoms with Crippen molar-refractivity contribution < 1.29 is 4.74 Å². The highest BCUT2D eigenvalue weighted by Crippen LogP contribution is 2.14. The van der Waals surface area contributed by atoms with Crippen LogP contribution in [0.15, 0.2) is 5.38 Å². The zero-order valence-corrected chi connectivity index (χ0v) is 8.93. The summed E-state index contributed by atoms with van der Waals surface area (Å²) < 4.78 is 5.24. The molecule has 0 aromatic carbocycles. The van der Waals surface area contributed by atoms with Gasteiger partial charge in [-0.2, -0.15) is 0 Å². The van der Waals surface area contributed by atoms with Crippen molar-refractivity contribution in [1.82, 2.24) is 4.98 Å². The van der Waals surface area contributed by atoms with Crippen molar-refractivity contribution in [3.63, 3.8) is 0 Å². The van der Waals surface area contributed by atoms with Crippen LogP contribution < -0.4 is 5.73 Å². The first-order valence-corrected chi connectivity index (χ1v) is 5.39. The van der Waals surface area contributed by atoms with Gasteiger partial charge in [0.15, 0.2) is 0 Å². The van der Waals surface area contributed by atoms with Crippen molar-refractivity contribution in [3.05, 3.63) is 16.1 Å². The molecule has 1 heterocycles. The lowest BCUT2D eigenvalue weighted by Gasteiger charge is -1.98. The van der Waals surface area contributed by atoms with E-state index >= 15 is 0 Å². The van der Waals surface area contributed by atoms with Gasteiger partial charge >= 0.3 is 0 Å². The van der Waals surface area contributed by atoms with Crippen LogP contribution in [0.3, 0.4) is 0 Å². The summed E-state index contributed by atoms with van der Waals surface area (Å²) in [5.74, 6) is 0. The fourth-order valence-electron chi connectivity index (χ4n) is 0.953. The van der Waals surface area contributed by atoms with E-state index in [1.165, 1.54) is 0 Å². The van der Waals surface area contributed by atoms with Crippen LogP contribution in [0, 0.1) is 0 Å². The van der Waals surface area contributed by atoms with Crippen molar-refractivity contribution in [2.45, 2.75) is 26.3 Å². The minimum absolute atomic E-state index is 0.0390. The Morgan fingerprint density at radius 2 is 2.46 bits per heavy atom. The van der Waals surface area contributed by atoms with E-state index in [0.717, 1.165) is 30.3 Å². The van der Waals surface area contributed by atoms with Crippen LogP contribution >= 0.6 is 11.3 Å². The van der Waals surface area contributed by atoms with Gasteiger partial charge in [0.2, 0.25) is 0 Å². The summed E-state index contributed by atoms with van der Waals surface area (Å²) in [6, 6.07) is 0.0390. The lowest BCUT2D eigenvalue weighted by molar-refractivity contribution is 0.151. The van der Waals surface area contributed by atoms with E-state index in [1.807, 2.05) is 19.2 Å². The number of nitrogens with zero attached hydrogens (tertiary/aromatic N) is 1. The predicted octanol–water partition coefficient (Wildman–Crippen LogP) is 1.74. The van der Waals surface area contributed by atoms with Gasteiger partial charge < -0.3 is 10.5 Å². The molecule has 0 bridgehead atoms. The molecule has 0 aliphatic rings. The molecule has 0 fully saturated rings. The first kappa shape index (κ1) is 10.6. The minimum atomic E-state index is 0.0390. The number of rotatable bonds is 5. The molecule has 1 rings (SSSR count). The van der Waals surface area contributed by atoms with Crippen molar-refractivity contribution in [1.29, 1.82) is 0 Å². The molecule has 0 aliphatic heterocycles. The molecule has 4 heteroatoms. The molecule has 0 saturated heterocycles. The maximum Gasteiger partial charge on any atom is 0.0951 e. The zero-order chi connectivity index (χ0) is 9.68. The second-order valence-corrected chi connectivity index (χ2v) is 3.84. The van der Waals surface area contributed by atoms with Crippen molar-refractivity contribution in [2.24, 2.45) is 5.73 Å². The Morgan fingerprint density at radius 3 is 3.00 bits per heavy atom. The van der Waals surface area contributed by atoms with Crippen LogP contribution in [-0.4, -0.2) is 18.2 Å². The number of hydrogen-bond donors (Lipinski definition) is 1. The van der Waals surface area contributed by atoms with Crippen LogP contribution in [0.5, 0.6) is 0 Å². The Labute approximate surface area is 82.9 Å². The Hall–Kier alpha value is -0.450. The molecular formula is C9H16N2OS. The van der Waals surface area contributed by atoms with Crippen LogP contribution in [-0.2, 0) is 11.2 Å². The molecule has 13 heavy (non-hydrogen) atoms. The second kappa shape index (κ2) is 5.32. The summed E-state index contributed by atoms with van der Waals surface area (Å²) in [5.41, 5.74) is 6.68. The third-order valence-corrected chi connectivity index (χ3v) is 2.63. The molecule has 1 unspecified atom stereocenters. The number of thiazole rings is 1. The largest absolute Gasteiger partial charge is 0.381 e. The molecular weight excluding hydrogens is 184 g/mol. The van der Waals surface area contributed by atoms with E-state index in [-0.39, 0.29) is 6.04 Å². The van der Waals surface area contributed by atoms with Gasteiger partial charge in [-0.25, -0.2) is 4.98 Å². The number of ether oxygens (including phenoxy) is 1. The van der Waals surface area contributed by atoms with Gasteiger partial charge in [-0.3, -0.25) is 0 Å². The Balaban J connectivity index is 2.40. The fraction of sp³-hybridized carbons (Fsp3) is 0.667. The van der Waals surface area contributed by atoms with Gasteiger partial charge in [0.05, 0.1) is 17.3 Å². The standard InChI is InChI=1S/C9H16N2OS/c1-3-12-5-4-9-11-8(6-13-9)7(2)10/h6-7H,3-5,10H2,1-2H3. The van der Waals surface area contributed by atoms with Gasteiger partial charge in [0.1, 0.15) is 0 Å². The molecule has 0 radical (unpaired) electrons. The summed E-state index contributed by atoms with van der Waals surface area (Å²) in [5, 5.41) is 3.13. The molecule has 0 amide bonds. The summed E-state index contributed by atoms with van der Waals surface area (Å²) in [7, 11) is 0. The summed E-state index contributed by atoms with van der Waals surface area (Å²) in [4.78, 5) is 4.40. The van der Waals surface area contributed by atoms with E-state index in [1.54, 1.807) is 11.3 Å². The molecule has 3 nitrogen and oxygen atoms in total. The monoisotopic (exact) mass is 200 g/mol. The van der Waals surface area contributed by atoms with E-state index in [4.69, 9.17) is 10.5 Å². The second-order valence-electron chi connectivity index (χ2n) is 2.90. The third-order valence-electron chi connectivity index (χ3n) is 1.70. The highest BCUT2D eigenvalue weighted by Gasteiger charge is 2.04. The molecule has 1 atom stereocenters. The highest BCUT2D eigenvalue weighted by molar-refractivity contribution is 7.09. The van der Waals surface area contributed by atoms with Crippen LogP contribution in [0.2, 0.25) is 0 Å². The number of nitrogens with two attached hydrogens (primary N) is 1. The molecule has 1 aromatic rings. The van der Waals surface area contributed by atoms with E-state index in [0.29, 0.717) is 0 Å². The first-order valence-electron chi connectivity index (χ1n) is 4.51. The van der Waals surface area contributed by atoms with Gasteiger partial charge in [0.25, 0.3) is 0 Å². The van der Waals surface area contributed by atoms with Crippen molar-refractivity contribution in [3.8, 4) is 0 Å². The van der Waals surface area contributed by atoms with E-state index < -0.39 is 0 Å². The molecule has 0 spiro atoms. The molecule has 1 aromatic heterocycles. The first-order chi connectivity index (χ1) is 6.24. The molecule has 0 saturated carbocycles. The quantitative estimate of drug-likeness (QED) is 0.736. The average Bonchev–Trinajstić information content (AvgIpc) is 2.53. The van der Waals surface area contributed by atoms with Gasteiger partial charge in [-0.15, -0.1) is 11.3 Å². The lowest BCUT2D eigenvalue weighted by Crippen LogP contribution is -2.05. The predicted molar refractivity (Wildman–Crippen MR) is 54.9 cm³/mol. The van der Waals surface area contributed by atoms with Crippen molar-refractivity contribution >= 4 is 11.3 Å². The molecule has 0 aliphatic carbocycles. The fourth-order valence-corrected chi connectivity index (χ4v) is 1.84. The minimum Gasteiger partial charge on any atom is -0.381 e. The summed E-state index contributed by atoms with van der Waals surface area (Å²) in [6.45, 7) is 5.46. The van der Waals surface area contributed by atoms with Gasteiger partial charge in [-0.1, -0.05) is 0 Å². The highest BCUT2D eigenvalue weighted by atomic mass is 32.1. The maximum absolute atomic E-state index is 5.69. The summed E-state index contributed by atoms with van der Waals surface area (Å²) in [6.07, 6.45) is 0.894. The smallest absolute Gasteiger partial charge is 0.0951 e. The van der Waals surface area contributed by atoms with E-state index in [2.05, 4.69) is 4.98 Å². The normalized spacial score (nSPS) is 13.2. The third kappa shape index (κ3) is 3.42. The lowest BCUT2D eigenvalue weighted by atomic mass is 10.3. The number of aromatic nitrogens is 1. The topological polar surface area (TPSA) is 48.1 Å². The van der Waals surface area contributed by atoms with Crippen molar-refractivity contribution in [2.75, 3.05) is 13.2 Å². The average molecular weight is 200 g/mol. The molecule has 74 valence electrons. The number of hydrogen-bond acceptors (Lipinski definition) is 4. The Kier molecular flexibility index (Phi) is 4.35. The SMILES string of the molecule is CCOCCc1nc(C(C)N)cs1. The zero-order valence-electron chi connectivity index (χ0n) is 8.12. The molecule has 2 N–H and O–H groups in total. The van der Waals surface area contributed by atoms with Crippen LogP contribution in [0.1, 0.15) is 30.6 Å². The van der Waals surface area contributed by atoms with Gasteiger partial charge in [0, 0.05) is 24.4 Å². The summed E-state index contributed by atoms with van der Waals surface area (Å²) >= 11 is 1.66. The van der Waals surface area contributed by atoms with Crippen LogP contribution in [0.4, 0.5) is 0 Å². The maximum atomic E-state index is 5.69. The Bertz CT molecular complexity index is 248. The van der Waals surface area contributed by atoms with Gasteiger partial charge in [-0.05, 0) is 13.8 Å². The van der Waals surface area contributed by atoms with E-state index in [9.17, 15) is 0 Å². The van der Waals surface area contributed by atoms with Crippen LogP contribution in [0.25, 0.3) is 0 Å². The Morgan fingerprint density at radius 1 is 1.69 bits per heavy atom.